The lowest BCUT2D eigenvalue weighted by atomic mass is 10.0. The minimum atomic E-state index is -1.18. The molecule has 0 bridgehead atoms. The highest BCUT2D eigenvalue weighted by molar-refractivity contribution is 5.80. The number of carbonyl (C=O) groups is 1. The van der Waals surface area contributed by atoms with Crippen LogP contribution < -0.4 is 5.73 Å². The predicted molar refractivity (Wildman–Crippen MR) is 63.1 cm³/mol. The van der Waals surface area contributed by atoms with Gasteiger partial charge in [-0.1, -0.05) is 12.1 Å². The van der Waals surface area contributed by atoms with E-state index in [9.17, 15) is 15.0 Å². The Balaban J connectivity index is 2.23. The first-order chi connectivity index (χ1) is 8.08. The van der Waals surface area contributed by atoms with E-state index < -0.39 is 18.1 Å². The van der Waals surface area contributed by atoms with E-state index >= 15 is 0 Å². The lowest BCUT2D eigenvalue weighted by molar-refractivity contribution is -0.121. The molecule has 1 aromatic heterocycles. The molecule has 0 aliphatic rings. The molecule has 90 valence electrons. The molecule has 0 aliphatic heterocycles. The fourth-order valence-electron chi connectivity index (χ4n) is 1.79. The number of aromatic amines is 1. The van der Waals surface area contributed by atoms with Crippen molar-refractivity contribution in [2.45, 2.75) is 18.6 Å². The van der Waals surface area contributed by atoms with Crippen molar-refractivity contribution in [2.75, 3.05) is 0 Å². The predicted octanol–water partition coefficient (Wildman–Crippen LogP) is 0.438. The Morgan fingerprint density at radius 2 is 2.12 bits per heavy atom. The molecule has 2 aromatic rings. The van der Waals surface area contributed by atoms with Gasteiger partial charge in [0.2, 0.25) is 5.91 Å². The molecule has 17 heavy (non-hydrogen) atoms. The maximum atomic E-state index is 10.7. The fraction of sp³-hybridized carbons (Fsp3) is 0.250. The van der Waals surface area contributed by atoms with Crippen LogP contribution in [0, 0.1) is 0 Å². The van der Waals surface area contributed by atoms with E-state index in [-0.39, 0.29) is 6.42 Å². The van der Waals surface area contributed by atoms with Crippen molar-refractivity contribution >= 4 is 16.8 Å². The zero-order valence-electron chi connectivity index (χ0n) is 9.13. The minimum absolute atomic E-state index is 0.260. The molecule has 5 heteroatoms. The van der Waals surface area contributed by atoms with Crippen LogP contribution in [-0.4, -0.2) is 27.2 Å². The normalized spacial score (nSPS) is 14.7. The van der Waals surface area contributed by atoms with Gasteiger partial charge in [0.15, 0.2) is 0 Å². The Morgan fingerprint density at radius 1 is 1.35 bits per heavy atom. The Hall–Kier alpha value is -1.85. The zero-order valence-corrected chi connectivity index (χ0v) is 9.13. The summed E-state index contributed by atoms with van der Waals surface area (Å²) < 4.78 is 0. The number of aromatic nitrogens is 1. The molecule has 5 N–H and O–H groups in total. The summed E-state index contributed by atoms with van der Waals surface area (Å²) in [5.41, 5.74) is 6.39. The van der Waals surface area contributed by atoms with Gasteiger partial charge >= 0.3 is 0 Å². The molecular weight excluding hydrogens is 220 g/mol. The average Bonchev–Trinajstić information content (AvgIpc) is 2.73. The second kappa shape index (κ2) is 4.57. The number of hydrogen-bond donors (Lipinski definition) is 4. The van der Waals surface area contributed by atoms with E-state index in [0.29, 0.717) is 5.56 Å². The molecule has 0 spiro atoms. The number of aliphatic hydroxyl groups is 2. The number of nitrogens with one attached hydrogen (secondary N) is 1. The summed E-state index contributed by atoms with van der Waals surface area (Å²) in [6.45, 7) is 0. The first-order valence-electron chi connectivity index (χ1n) is 5.29. The van der Waals surface area contributed by atoms with Crippen LogP contribution in [0.25, 0.3) is 10.9 Å². The molecule has 2 atom stereocenters. The maximum absolute atomic E-state index is 10.7. The Labute approximate surface area is 97.9 Å². The van der Waals surface area contributed by atoms with Crippen LogP contribution in [0.15, 0.2) is 30.5 Å². The minimum Gasteiger partial charge on any atom is -0.390 e. The third-order valence-electron chi connectivity index (χ3n) is 2.70. The molecule has 2 unspecified atom stereocenters. The number of nitrogens with two attached hydrogens (primary N) is 1. The number of aliphatic hydroxyl groups excluding tert-OH is 2. The SMILES string of the molecule is NC(=O)CC(O)C(O)c1ccc2cc[nH]c2c1. The number of amides is 1. The molecule has 2 rings (SSSR count). The highest BCUT2D eigenvalue weighted by Crippen LogP contribution is 2.22. The van der Waals surface area contributed by atoms with E-state index in [1.165, 1.54) is 0 Å². The van der Waals surface area contributed by atoms with Crippen LogP contribution in [0.5, 0.6) is 0 Å². The number of carbonyl (C=O) groups excluding carboxylic acids is 1. The first-order valence-corrected chi connectivity index (χ1v) is 5.29. The second-order valence-electron chi connectivity index (χ2n) is 4.01. The summed E-state index contributed by atoms with van der Waals surface area (Å²) in [6.07, 6.45) is -0.764. The van der Waals surface area contributed by atoms with Crippen LogP contribution in [0.1, 0.15) is 18.1 Å². The van der Waals surface area contributed by atoms with Crippen molar-refractivity contribution in [2.24, 2.45) is 5.73 Å². The number of primary amides is 1. The van der Waals surface area contributed by atoms with Crippen molar-refractivity contribution in [1.82, 2.24) is 4.98 Å². The summed E-state index contributed by atoms with van der Waals surface area (Å²) in [6, 6.07) is 7.20. The van der Waals surface area contributed by atoms with Crippen molar-refractivity contribution in [1.29, 1.82) is 0 Å². The van der Waals surface area contributed by atoms with Gasteiger partial charge in [0.1, 0.15) is 6.10 Å². The van der Waals surface area contributed by atoms with Gasteiger partial charge in [0.25, 0.3) is 0 Å². The third-order valence-corrected chi connectivity index (χ3v) is 2.70. The van der Waals surface area contributed by atoms with Gasteiger partial charge in [-0.25, -0.2) is 0 Å². The van der Waals surface area contributed by atoms with Gasteiger partial charge in [0, 0.05) is 11.7 Å². The third kappa shape index (κ3) is 2.46. The number of benzene rings is 1. The smallest absolute Gasteiger partial charge is 0.220 e. The monoisotopic (exact) mass is 234 g/mol. The van der Waals surface area contributed by atoms with Crippen molar-refractivity contribution < 1.29 is 15.0 Å². The van der Waals surface area contributed by atoms with Crippen molar-refractivity contribution in [3.05, 3.63) is 36.0 Å². The Morgan fingerprint density at radius 3 is 2.82 bits per heavy atom. The number of hydrogen-bond acceptors (Lipinski definition) is 3. The molecule has 1 amide bonds. The van der Waals surface area contributed by atoms with Crippen LogP contribution in [0.2, 0.25) is 0 Å². The van der Waals surface area contributed by atoms with Crippen molar-refractivity contribution in [3.63, 3.8) is 0 Å². The quantitative estimate of drug-likeness (QED) is 0.617. The molecule has 5 nitrogen and oxygen atoms in total. The molecule has 1 heterocycles. The molecule has 1 aromatic carbocycles. The Bertz CT molecular complexity index is 535. The molecular formula is C12H14N2O3. The second-order valence-corrected chi connectivity index (χ2v) is 4.01. The fourth-order valence-corrected chi connectivity index (χ4v) is 1.79. The van der Waals surface area contributed by atoms with E-state index in [1.54, 1.807) is 18.3 Å². The summed E-state index contributed by atoms with van der Waals surface area (Å²) in [4.78, 5) is 13.7. The number of fused-ring (bicyclic) bond motifs is 1. The van der Waals surface area contributed by atoms with E-state index in [2.05, 4.69) is 4.98 Å². The maximum Gasteiger partial charge on any atom is 0.220 e. The van der Waals surface area contributed by atoms with Gasteiger partial charge in [-0.05, 0) is 23.1 Å². The highest BCUT2D eigenvalue weighted by Gasteiger charge is 2.20. The molecule has 0 saturated heterocycles. The molecule has 0 aliphatic carbocycles. The van der Waals surface area contributed by atoms with Gasteiger partial charge in [-0.2, -0.15) is 0 Å². The number of rotatable bonds is 4. The zero-order chi connectivity index (χ0) is 12.4. The molecule has 0 radical (unpaired) electrons. The first kappa shape index (κ1) is 11.6. The molecule has 0 saturated carbocycles. The van der Waals surface area contributed by atoms with Crippen LogP contribution in [0.4, 0.5) is 0 Å². The van der Waals surface area contributed by atoms with Gasteiger partial charge in [-0.3, -0.25) is 4.79 Å². The summed E-state index contributed by atoms with van der Waals surface area (Å²) in [5.74, 6) is -0.641. The largest absolute Gasteiger partial charge is 0.390 e. The van der Waals surface area contributed by atoms with Crippen LogP contribution in [0.3, 0.4) is 0 Å². The number of H-pyrrole nitrogens is 1. The van der Waals surface area contributed by atoms with Gasteiger partial charge in [-0.15, -0.1) is 0 Å². The van der Waals surface area contributed by atoms with E-state index in [0.717, 1.165) is 10.9 Å². The lowest BCUT2D eigenvalue weighted by Crippen LogP contribution is -2.25. The molecule has 0 fully saturated rings. The summed E-state index contributed by atoms with van der Waals surface area (Å²) in [7, 11) is 0. The topological polar surface area (TPSA) is 99.3 Å². The standard InChI is InChI=1S/C12H14N2O3/c13-11(16)6-10(15)12(17)8-2-1-7-3-4-14-9(7)5-8/h1-5,10,12,14-15,17H,6H2,(H2,13,16). The van der Waals surface area contributed by atoms with Gasteiger partial charge < -0.3 is 20.9 Å². The van der Waals surface area contributed by atoms with E-state index in [4.69, 9.17) is 5.73 Å². The van der Waals surface area contributed by atoms with E-state index in [1.807, 2.05) is 12.1 Å². The Kier molecular flexibility index (Phi) is 3.12. The lowest BCUT2D eigenvalue weighted by Gasteiger charge is -2.16. The van der Waals surface area contributed by atoms with Crippen LogP contribution in [-0.2, 0) is 4.79 Å². The average molecular weight is 234 g/mol. The highest BCUT2D eigenvalue weighted by atomic mass is 16.3. The summed E-state index contributed by atoms with van der Waals surface area (Å²) in [5, 5.41) is 20.5. The van der Waals surface area contributed by atoms with Crippen LogP contribution >= 0.6 is 0 Å². The van der Waals surface area contributed by atoms with Gasteiger partial charge in [0.05, 0.1) is 12.5 Å². The van der Waals surface area contributed by atoms with Crippen molar-refractivity contribution in [3.8, 4) is 0 Å². The summed E-state index contributed by atoms with van der Waals surface area (Å²) >= 11 is 0.